The smallest absolute Gasteiger partial charge is 0.369 e. The molecule has 104 valence electrons. The number of benzene rings is 1. The molecular weight excluding hydrogens is 269 g/mol. The Balaban J connectivity index is 2.39. The highest BCUT2D eigenvalue weighted by molar-refractivity contribution is 5.80. The average molecular weight is 280 g/mol. The van der Waals surface area contributed by atoms with Gasteiger partial charge in [0.15, 0.2) is 0 Å². The van der Waals surface area contributed by atoms with Gasteiger partial charge in [0.25, 0.3) is 0 Å². The van der Waals surface area contributed by atoms with E-state index in [2.05, 4.69) is 4.98 Å². The van der Waals surface area contributed by atoms with Crippen molar-refractivity contribution in [1.29, 1.82) is 0 Å². The van der Waals surface area contributed by atoms with Crippen molar-refractivity contribution >= 4 is 5.91 Å². The van der Waals surface area contributed by atoms with Crippen molar-refractivity contribution in [3.05, 3.63) is 53.9 Å². The predicted octanol–water partition coefficient (Wildman–Crippen LogP) is 2.80. The summed E-state index contributed by atoms with van der Waals surface area (Å²) in [6.07, 6.45) is -3.30. The van der Waals surface area contributed by atoms with Crippen LogP contribution in [-0.2, 0) is 17.4 Å². The zero-order valence-electron chi connectivity index (χ0n) is 10.3. The van der Waals surface area contributed by atoms with Gasteiger partial charge >= 0.3 is 6.18 Å². The van der Waals surface area contributed by atoms with Gasteiger partial charge in [0.05, 0.1) is 6.42 Å². The van der Waals surface area contributed by atoms with Gasteiger partial charge in [0, 0.05) is 11.8 Å². The van der Waals surface area contributed by atoms with Crippen molar-refractivity contribution in [2.75, 3.05) is 0 Å². The molecule has 1 aromatic carbocycles. The summed E-state index contributed by atoms with van der Waals surface area (Å²) < 4.78 is 37.3. The molecule has 1 heterocycles. The van der Waals surface area contributed by atoms with Crippen LogP contribution in [0.5, 0.6) is 0 Å². The first-order chi connectivity index (χ1) is 9.38. The molecule has 0 saturated carbocycles. The van der Waals surface area contributed by atoms with Crippen LogP contribution >= 0.6 is 0 Å². The Bertz CT molecular complexity index is 621. The maximum atomic E-state index is 12.4. The van der Waals surface area contributed by atoms with E-state index in [1.165, 1.54) is 6.07 Å². The van der Waals surface area contributed by atoms with E-state index in [1.54, 1.807) is 24.3 Å². The van der Waals surface area contributed by atoms with Crippen LogP contribution in [0.2, 0.25) is 0 Å². The first-order valence-corrected chi connectivity index (χ1v) is 5.78. The number of hydrogen-bond donors (Lipinski definition) is 1. The van der Waals surface area contributed by atoms with Crippen molar-refractivity contribution < 1.29 is 18.0 Å². The SMILES string of the molecule is NC(=O)Cc1ccccc1-c1ccc(C(F)(F)F)nc1. The fourth-order valence-corrected chi connectivity index (χ4v) is 1.86. The molecule has 0 aliphatic carbocycles. The van der Waals surface area contributed by atoms with E-state index in [0.29, 0.717) is 16.7 Å². The quantitative estimate of drug-likeness (QED) is 0.939. The summed E-state index contributed by atoms with van der Waals surface area (Å²) >= 11 is 0. The Labute approximate surface area is 113 Å². The van der Waals surface area contributed by atoms with Crippen LogP contribution < -0.4 is 5.73 Å². The number of amides is 1. The van der Waals surface area contributed by atoms with Crippen molar-refractivity contribution in [3.63, 3.8) is 0 Å². The standard InChI is InChI=1S/C14H11F3N2O/c15-14(16,17)12-6-5-10(8-19-12)11-4-2-1-3-9(11)7-13(18)20/h1-6,8H,7H2,(H2,18,20). The normalized spacial score (nSPS) is 11.3. The van der Waals surface area contributed by atoms with Crippen molar-refractivity contribution in [3.8, 4) is 11.1 Å². The van der Waals surface area contributed by atoms with E-state index < -0.39 is 17.8 Å². The molecule has 0 bridgehead atoms. The van der Waals surface area contributed by atoms with Crippen LogP contribution in [0.1, 0.15) is 11.3 Å². The topological polar surface area (TPSA) is 56.0 Å². The Hall–Kier alpha value is -2.37. The van der Waals surface area contributed by atoms with Gasteiger partial charge in [0.1, 0.15) is 5.69 Å². The number of rotatable bonds is 3. The van der Waals surface area contributed by atoms with Gasteiger partial charge in [-0.05, 0) is 17.2 Å². The van der Waals surface area contributed by atoms with Crippen molar-refractivity contribution in [2.45, 2.75) is 12.6 Å². The Morgan fingerprint density at radius 1 is 1.15 bits per heavy atom. The minimum absolute atomic E-state index is 0.0250. The number of halogens is 3. The third-order valence-corrected chi connectivity index (χ3v) is 2.75. The molecule has 2 rings (SSSR count). The minimum atomic E-state index is -4.47. The van der Waals surface area contributed by atoms with Gasteiger partial charge < -0.3 is 5.73 Å². The van der Waals surface area contributed by atoms with Gasteiger partial charge in [0.2, 0.25) is 5.91 Å². The summed E-state index contributed by atoms with van der Waals surface area (Å²) in [5, 5.41) is 0. The number of carbonyl (C=O) groups excluding carboxylic acids is 1. The molecule has 20 heavy (non-hydrogen) atoms. The first kappa shape index (κ1) is 14.0. The first-order valence-electron chi connectivity index (χ1n) is 5.78. The second-order valence-corrected chi connectivity index (χ2v) is 4.23. The third kappa shape index (κ3) is 3.14. The number of nitrogens with two attached hydrogens (primary N) is 1. The Kier molecular flexibility index (Phi) is 3.74. The molecular formula is C14H11F3N2O. The van der Waals surface area contributed by atoms with Crippen LogP contribution in [0.3, 0.4) is 0 Å². The lowest BCUT2D eigenvalue weighted by atomic mass is 9.98. The van der Waals surface area contributed by atoms with Gasteiger partial charge in [-0.1, -0.05) is 30.3 Å². The van der Waals surface area contributed by atoms with Gasteiger partial charge in [-0.25, -0.2) is 0 Å². The summed E-state index contributed by atoms with van der Waals surface area (Å²) in [5.41, 5.74) is 6.01. The molecule has 0 aliphatic heterocycles. The molecule has 0 radical (unpaired) electrons. The Morgan fingerprint density at radius 3 is 2.40 bits per heavy atom. The summed E-state index contributed by atoms with van der Waals surface area (Å²) in [6, 6.07) is 9.13. The monoisotopic (exact) mass is 280 g/mol. The number of alkyl halides is 3. The average Bonchev–Trinajstić information content (AvgIpc) is 2.38. The zero-order chi connectivity index (χ0) is 14.8. The molecule has 2 aromatic rings. The highest BCUT2D eigenvalue weighted by Gasteiger charge is 2.32. The van der Waals surface area contributed by atoms with Crippen LogP contribution in [-0.4, -0.2) is 10.9 Å². The van der Waals surface area contributed by atoms with Crippen molar-refractivity contribution in [1.82, 2.24) is 4.98 Å². The molecule has 6 heteroatoms. The number of aromatic nitrogens is 1. The van der Waals surface area contributed by atoms with Gasteiger partial charge in [-0.15, -0.1) is 0 Å². The molecule has 3 nitrogen and oxygen atoms in total. The molecule has 0 spiro atoms. The van der Waals surface area contributed by atoms with Gasteiger partial charge in [-0.2, -0.15) is 13.2 Å². The highest BCUT2D eigenvalue weighted by atomic mass is 19.4. The zero-order valence-corrected chi connectivity index (χ0v) is 10.3. The fraction of sp³-hybridized carbons (Fsp3) is 0.143. The molecule has 0 fully saturated rings. The maximum absolute atomic E-state index is 12.4. The highest BCUT2D eigenvalue weighted by Crippen LogP contribution is 2.30. The van der Waals surface area contributed by atoms with Crippen LogP contribution in [0.25, 0.3) is 11.1 Å². The van der Waals surface area contributed by atoms with E-state index in [0.717, 1.165) is 12.3 Å². The van der Waals surface area contributed by atoms with E-state index in [9.17, 15) is 18.0 Å². The molecule has 0 aliphatic rings. The lowest BCUT2D eigenvalue weighted by Gasteiger charge is -2.10. The van der Waals surface area contributed by atoms with E-state index >= 15 is 0 Å². The molecule has 1 amide bonds. The van der Waals surface area contributed by atoms with Crippen LogP contribution in [0.15, 0.2) is 42.6 Å². The van der Waals surface area contributed by atoms with Crippen LogP contribution in [0, 0.1) is 0 Å². The third-order valence-electron chi connectivity index (χ3n) is 2.75. The van der Waals surface area contributed by atoms with E-state index in [1.807, 2.05) is 0 Å². The summed E-state index contributed by atoms with van der Waals surface area (Å²) in [7, 11) is 0. The molecule has 0 atom stereocenters. The molecule has 0 unspecified atom stereocenters. The number of primary amides is 1. The van der Waals surface area contributed by atoms with E-state index in [-0.39, 0.29) is 6.42 Å². The fourth-order valence-electron chi connectivity index (χ4n) is 1.86. The lowest BCUT2D eigenvalue weighted by molar-refractivity contribution is -0.141. The summed E-state index contributed by atoms with van der Waals surface area (Å²) in [6.45, 7) is 0. The molecule has 1 aromatic heterocycles. The Morgan fingerprint density at radius 2 is 1.85 bits per heavy atom. The second-order valence-electron chi connectivity index (χ2n) is 4.23. The maximum Gasteiger partial charge on any atom is 0.433 e. The van der Waals surface area contributed by atoms with Crippen molar-refractivity contribution in [2.24, 2.45) is 5.73 Å². The largest absolute Gasteiger partial charge is 0.433 e. The minimum Gasteiger partial charge on any atom is -0.369 e. The number of carbonyl (C=O) groups is 1. The van der Waals surface area contributed by atoms with E-state index in [4.69, 9.17) is 5.73 Å². The number of pyridine rings is 1. The predicted molar refractivity (Wildman–Crippen MR) is 67.6 cm³/mol. The summed E-state index contributed by atoms with van der Waals surface area (Å²) in [5.74, 6) is -0.502. The van der Waals surface area contributed by atoms with Gasteiger partial charge in [-0.3, -0.25) is 9.78 Å². The van der Waals surface area contributed by atoms with Crippen LogP contribution in [0.4, 0.5) is 13.2 Å². The lowest BCUT2D eigenvalue weighted by Crippen LogP contribution is -2.14. The molecule has 2 N–H and O–H groups in total. The second kappa shape index (κ2) is 5.32. The molecule has 0 saturated heterocycles. The number of hydrogen-bond acceptors (Lipinski definition) is 2. The number of nitrogens with zero attached hydrogens (tertiary/aromatic N) is 1. The summed E-state index contributed by atoms with van der Waals surface area (Å²) in [4.78, 5) is 14.4.